The number of aromatic nitrogens is 1. The highest BCUT2D eigenvalue weighted by Gasteiger charge is 2.26. The van der Waals surface area contributed by atoms with Gasteiger partial charge in [0, 0.05) is 31.7 Å². The van der Waals surface area contributed by atoms with Crippen molar-refractivity contribution in [2.24, 2.45) is 5.92 Å². The fourth-order valence-electron chi connectivity index (χ4n) is 3.62. The first kappa shape index (κ1) is 16.7. The molecule has 0 spiro atoms. The molecule has 1 aromatic heterocycles. The van der Waals surface area contributed by atoms with Gasteiger partial charge in [-0.25, -0.2) is 9.78 Å². The van der Waals surface area contributed by atoms with Crippen LogP contribution in [0, 0.1) is 17.2 Å². The zero-order chi connectivity index (χ0) is 16.9. The fraction of sp³-hybridized carbons (Fsp3) is 0.611. The van der Waals surface area contributed by atoms with Gasteiger partial charge in [0.1, 0.15) is 0 Å². The van der Waals surface area contributed by atoms with Crippen LogP contribution in [-0.2, 0) is 17.7 Å². The van der Waals surface area contributed by atoms with Gasteiger partial charge < -0.3 is 15.0 Å². The van der Waals surface area contributed by atoms with Crippen molar-refractivity contribution in [3.8, 4) is 6.07 Å². The van der Waals surface area contributed by atoms with Crippen LogP contribution in [0.3, 0.4) is 0 Å². The quantitative estimate of drug-likeness (QED) is 0.852. The number of carbonyl (C=O) groups excluding carboxylic acids is 1. The molecule has 0 amide bonds. The Morgan fingerprint density at radius 1 is 1.58 bits per heavy atom. The monoisotopic (exact) mass is 328 g/mol. The number of hydrogen-bond acceptors (Lipinski definition) is 6. The molecule has 0 radical (unpaired) electrons. The van der Waals surface area contributed by atoms with E-state index >= 15 is 0 Å². The van der Waals surface area contributed by atoms with E-state index in [1.807, 2.05) is 6.07 Å². The Hall–Kier alpha value is -2.13. The average Bonchev–Trinajstić information content (AvgIpc) is 2.61. The van der Waals surface area contributed by atoms with E-state index in [1.54, 1.807) is 6.92 Å². The maximum atomic E-state index is 12.2. The highest BCUT2D eigenvalue weighted by molar-refractivity contribution is 5.89. The first-order valence-corrected chi connectivity index (χ1v) is 8.75. The number of hydrogen-bond donors (Lipinski definition) is 1. The lowest BCUT2D eigenvalue weighted by Crippen LogP contribution is -2.37. The second kappa shape index (κ2) is 7.63. The molecule has 0 saturated carbocycles. The third-order valence-corrected chi connectivity index (χ3v) is 4.75. The molecule has 1 fully saturated rings. The smallest absolute Gasteiger partial charge is 0.356 e. The van der Waals surface area contributed by atoms with Gasteiger partial charge in [-0.3, -0.25) is 0 Å². The standard InChI is InChI=1S/C18H24N4O2/c1-2-24-18(23)15-10-17(14-6-8-20-11-16(14)21-15)22-9-3-4-13(12-22)5-7-19/h10,13,20H,2-6,8-9,11-12H2,1H3/t13-/m0/s1. The molecule has 3 heterocycles. The lowest BCUT2D eigenvalue weighted by atomic mass is 9.93. The Bertz CT molecular complexity index is 653. The molecule has 0 unspecified atom stereocenters. The van der Waals surface area contributed by atoms with Crippen LogP contribution in [0.25, 0.3) is 0 Å². The number of rotatable bonds is 4. The number of ether oxygens (including phenoxy) is 1. The zero-order valence-electron chi connectivity index (χ0n) is 14.2. The van der Waals surface area contributed by atoms with E-state index < -0.39 is 0 Å². The molecule has 1 atom stereocenters. The second-order valence-electron chi connectivity index (χ2n) is 6.42. The molecule has 1 saturated heterocycles. The minimum atomic E-state index is -0.363. The lowest BCUT2D eigenvalue weighted by Gasteiger charge is -2.36. The van der Waals surface area contributed by atoms with Crippen molar-refractivity contribution in [1.82, 2.24) is 10.3 Å². The lowest BCUT2D eigenvalue weighted by molar-refractivity contribution is 0.0519. The SMILES string of the molecule is CCOC(=O)c1cc(N2CCC[C@@H](CC#N)C2)c2c(n1)CNCC2. The summed E-state index contributed by atoms with van der Waals surface area (Å²) in [6.07, 6.45) is 3.69. The summed E-state index contributed by atoms with van der Waals surface area (Å²) < 4.78 is 5.14. The molecule has 2 aliphatic rings. The van der Waals surface area contributed by atoms with E-state index in [0.717, 1.165) is 50.3 Å². The molecule has 3 rings (SSSR count). The summed E-state index contributed by atoms with van der Waals surface area (Å²) in [5.41, 5.74) is 3.67. The molecule has 1 N–H and O–H groups in total. The van der Waals surface area contributed by atoms with E-state index in [-0.39, 0.29) is 5.97 Å². The molecule has 2 aliphatic heterocycles. The minimum Gasteiger partial charge on any atom is -0.461 e. The summed E-state index contributed by atoms with van der Waals surface area (Å²) in [6.45, 7) is 5.60. The molecule has 128 valence electrons. The summed E-state index contributed by atoms with van der Waals surface area (Å²) in [7, 11) is 0. The molecule has 6 nitrogen and oxygen atoms in total. The van der Waals surface area contributed by atoms with Gasteiger partial charge in [-0.05, 0) is 50.3 Å². The average molecular weight is 328 g/mol. The third-order valence-electron chi connectivity index (χ3n) is 4.75. The van der Waals surface area contributed by atoms with Crippen LogP contribution in [0.2, 0.25) is 0 Å². The number of esters is 1. The van der Waals surface area contributed by atoms with E-state index in [1.165, 1.54) is 5.56 Å². The van der Waals surface area contributed by atoms with E-state index in [0.29, 0.717) is 31.2 Å². The van der Waals surface area contributed by atoms with Crippen molar-refractivity contribution in [3.63, 3.8) is 0 Å². The number of fused-ring (bicyclic) bond motifs is 1. The summed E-state index contributed by atoms with van der Waals surface area (Å²) >= 11 is 0. The molecule has 1 aromatic rings. The van der Waals surface area contributed by atoms with Gasteiger partial charge in [0.25, 0.3) is 0 Å². The van der Waals surface area contributed by atoms with Crippen molar-refractivity contribution in [2.75, 3.05) is 31.1 Å². The van der Waals surface area contributed by atoms with Gasteiger partial charge in [-0.15, -0.1) is 0 Å². The minimum absolute atomic E-state index is 0.346. The Balaban J connectivity index is 1.94. The highest BCUT2D eigenvalue weighted by atomic mass is 16.5. The van der Waals surface area contributed by atoms with Crippen LogP contribution < -0.4 is 10.2 Å². The molecule has 0 aliphatic carbocycles. The normalized spacial score (nSPS) is 20.2. The molecule has 6 heteroatoms. The van der Waals surface area contributed by atoms with Gasteiger partial charge >= 0.3 is 5.97 Å². The van der Waals surface area contributed by atoms with Crippen molar-refractivity contribution >= 4 is 11.7 Å². The van der Waals surface area contributed by atoms with Crippen molar-refractivity contribution in [2.45, 2.75) is 39.2 Å². The van der Waals surface area contributed by atoms with E-state index in [4.69, 9.17) is 10.00 Å². The summed E-state index contributed by atoms with van der Waals surface area (Å²) in [6, 6.07) is 4.18. The maximum absolute atomic E-state index is 12.2. The summed E-state index contributed by atoms with van der Waals surface area (Å²) in [4.78, 5) is 19.0. The summed E-state index contributed by atoms with van der Waals surface area (Å²) in [5, 5.41) is 12.3. The van der Waals surface area contributed by atoms with Crippen molar-refractivity contribution < 1.29 is 9.53 Å². The molecule has 24 heavy (non-hydrogen) atoms. The van der Waals surface area contributed by atoms with Crippen molar-refractivity contribution in [1.29, 1.82) is 5.26 Å². The predicted octanol–water partition coefficient (Wildman–Crippen LogP) is 2.03. The van der Waals surface area contributed by atoms with E-state index in [9.17, 15) is 4.79 Å². The number of nitrogens with zero attached hydrogens (tertiary/aromatic N) is 3. The van der Waals surface area contributed by atoms with Crippen LogP contribution in [0.15, 0.2) is 6.07 Å². The predicted molar refractivity (Wildman–Crippen MR) is 90.8 cm³/mol. The Morgan fingerprint density at radius 3 is 3.25 bits per heavy atom. The first-order chi connectivity index (χ1) is 11.7. The van der Waals surface area contributed by atoms with Crippen LogP contribution in [0.5, 0.6) is 0 Å². The number of nitrogens with one attached hydrogen (secondary N) is 1. The number of piperidine rings is 1. The highest BCUT2D eigenvalue weighted by Crippen LogP contribution is 2.31. The molecule has 0 aromatic carbocycles. The zero-order valence-corrected chi connectivity index (χ0v) is 14.2. The maximum Gasteiger partial charge on any atom is 0.356 e. The Kier molecular flexibility index (Phi) is 5.31. The second-order valence-corrected chi connectivity index (χ2v) is 6.42. The van der Waals surface area contributed by atoms with Gasteiger partial charge in [-0.1, -0.05) is 0 Å². The first-order valence-electron chi connectivity index (χ1n) is 8.75. The third kappa shape index (κ3) is 3.51. The topological polar surface area (TPSA) is 78.2 Å². The Labute approximate surface area is 142 Å². The van der Waals surface area contributed by atoms with Crippen LogP contribution >= 0.6 is 0 Å². The summed E-state index contributed by atoms with van der Waals surface area (Å²) in [5.74, 6) is 0.0398. The van der Waals surface area contributed by atoms with Crippen LogP contribution in [-0.4, -0.2) is 37.2 Å². The van der Waals surface area contributed by atoms with Gasteiger partial charge in [0.15, 0.2) is 5.69 Å². The molecule has 0 bridgehead atoms. The Morgan fingerprint density at radius 2 is 2.46 bits per heavy atom. The number of anilines is 1. The van der Waals surface area contributed by atoms with Gasteiger partial charge in [0.2, 0.25) is 0 Å². The number of pyridine rings is 1. The van der Waals surface area contributed by atoms with Gasteiger partial charge in [0.05, 0.1) is 18.4 Å². The largest absolute Gasteiger partial charge is 0.461 e. The van der Waals surface area contributed by atoms with E-state index in [2.05, 4.69) is 21.3 Å². The van der Waals surface area contributed by atoms with Crippen LogP contribution in [0.4, 0.5) is 5.69 Å². The van der Waals surface area contributed by atoms with Crippen LogP contribution in [0.1, 0.15) is 47.9 Å². The van der Waals surface area contributed by atoms with Gasteiger partial charge in [-0.2, -0.15) is 5.26 Å². The fourth-order valence-corrected chi connectivity index (χ4v) is 3.62. The molecular weight excluding hydrogens is 304 g/mol. The molecular formula is C18H24N4O2. The van der Waals surface area contributed by atoms with Crippen molar-refractivity contribution in [3.05, 3.63) is 23.0 Å². The number of nitriles is 1. The number of carbonyl (C=O) groups is 1.